The highest BCUT2D eigenvalue weighted by Gasteiger charge is 2.26. The minimum atomic E-state index is 0.148. The van der Waals surface area contributed by atoms with Crippen LogP contribution in [0.5, 0.6) is 0 Å². The molecule has 0 amide bonds. The summed E-state index contributed by atoms with van der Waals surface area (Å²) >= 11 is 0. The summed E-state index contributed by atoms with van der Waals surface area (Å²) in [5, 5.41) is 4.25. The van der Waals surface area contributed by atoms with Gasteiger partial charge in [-0.05, 0) is 5.56 Å². The SMILES string of the molecule is Cn1cc2c(n1)C(=O)CCN2Cc1ccccc1. The van der Waals surface area contributed by atoms with Crippen molar-refractivity contribution in [1.29, 1.82) is 0 Å². The Morgan fingerprint density at radius 3 is 2.83 bits per heavy atom. The Kier molecular flexibility index (Phi) is 2.63. The Balaban J connectivity index is 1.91. The van der Waals surface area contributed by atoms with Crippen molar-refractivity contribution in [2.75, 3.05) is 11.4 Å². The van der Waals surface area contributed by atoms with Crippen molar-refractivity contribution in [2.45, 2.75) is 13.0 Å². The smallest absolute Gasteiger partial charge is 0.186 e. The molecular weight excluding hydrogens is 226 g/mol. The van der Waals surface area contributed by atoms with E-state index in [4.69, 9.17) is 0 Å². The van der Waals surface area contributed by atoms with Gasteiger partial charge < -0.3 is 4.90 Å². The third-order valence-corrected chi connectivity index (χ3v) is 3.24. The van der Waals surface area contributed by atoms with E-state index in [-0.39, 0.29) is 5.78 Å². The van der Waals surface area contributed by atoms with Gasteiger partial charge in [0.2, 0.25) is 0 Å². The minimum Gasteiger partial charge on any atom is -0.364 e. The van der Waals surface area contributed by atoms with Crippen LogP contribution in [0.25, 0.3) is 0 Å². The van der Waals surface area contributed by atoms with Crippen LogP contribution in [-0.2, 0) is 13.6 Å². The molecule has 0 saturated carbocycles. The molecule has 4 heteroatoms. The van der Waals surface area contributed by atoms with Gasteiger partial charge >= 0.3 is 0 Å². The van der Waals surface area contributed by atoms with Crippen molar-refractivity contribution in [3.05, 3.63) is 47.8 Å². The zero-order chi connectivity index (χ0) is 12.5. The van der Waals surface area contributed by atoms with Crippen LogP contribution in [0.2, 0.25) is 0 Å². The molecular formula is C14H15N3O. The number of aromatic nitrogens is 2. The summed E-state index contributed by atoms with van der Waals surface area (Å²) in [6.07, 6.45) is 2.48. The van der Waals surface area contributed by atoms with Gasteiger partial charge in [-0.25, -0.2) is 0 Å². The van der Waals surface area contributed by atoms with E-state index in [1.807, 2.05) is 31.4 Å². The van der Waals surface area contributed by atoms with Crippen molar-refractivity contribution in [3.8, 4) is 0 Å². The monoisotopic (exact) mass is 241 g/mol. The normalized spacial score (nSPS) is 14.7. The van der Waals surface area contributed by atoms with Crippen LogP contribution >= 0.6 is 0 Å². The maximum absolute atomic E-state index is 11.8. The third-order valence-electron chi connectivity index (χ3n) is 3.24. The Morgan fingerprint density at radius 1 is 1.28 bits per heavy atom. The summed E-state index contributed by atoms with van der Waals surface area (Å²) in [6.45, 7) is 1.60. The first-order valence-electron chi connectivity index (χ1n) is 6.10. The fourth-order valence-electron chi connectivity index (χ4n) is 2.35. The second-order valence-corrected chi connectivity index (χ2v) is 4.62. The van der Waals surface area contributed by atoms with Crippen LogP contribution in [0, 0.1) is 0 Å². The number of Topliss-reactive ketones (excluding diaryl/α,β-unsaturated/α-hetero) is 1. The van der Waals surface area contributed by atoms with E-state index >= 15 is 0 Å². The Hall–Kier alpha value is -2.10. The number of rotatable bonds is 2. The maximum Gasteiger partial charge on any atom is 0.186 e. The Morgan fingerprint density at radius 2 is 2.06 bits per heavy atom. The van der Waals surface area contributed by atoms with E-state index in [2.05, 4.69) is 22.1 Å². The largest absolute Gasteiger partial charge is 0.364 e. The van der Waals surface area contributed by atoms with Gasteiger partial charge in [-0.3, -0.25) is 9.48 Å². The third kappa shape index (κ3) is 1.90. The molecule has 0 unspecified atom stereocenters. The second-order valence-electron chi connectivity index (χ2n) is 4.62. The van der Waals surface area contributed by atoms with Crippen molar-refractivity contribution in [2.24, 2.45) is 7.05 Å². The molecule has 0 aliphatic carbocycles. The van der Waals surface area contributed by atoms with Crippen molar-refractivity contribution >= 4 is 11.5 Å². The molecule has 0 saturated heterocycles. The van der Waals surface area contributed by atoms with Gasteiger partial charge in [-0.2, -0.15) is 5.10 Å². The van der Waals surface area contributed by atoms with Crippen LogP contribution in [0.3, 0.4) is 0 Å². The molecule has 1 aliphatic rings. The zero-order valence-corrected chi connectivity index (χ0v) is 10.3. The number of hydrogen-bond donors (Lipinski definition) is 0. The summed E-state index contributed by atoms with van der Waals surface area (Å²) in [6, 6.07) is 10.3. The molecule has 0 atom stereocenters. The van der Waals surface area contributed by atoms with E-state index < -0.39 is 0 Å². The van der Waals surface area contributed by atoms with E-state index in [9.17, 15) is 4.79 Å². The number of anilines is 1. The lowest BCUT2D eigenvalue weighted by Crippen LogP contribution is -2.31. The lowest BCUT2D eigenvalue weighted by atomic mass is 10.1. The minimum absolute atomic E-state index is 0.148. The first-order chi connectivity index (χ1) is 8.74. The number of ketones is 1. The van der Waals surface area contributed by atoms with Gasteiger partial charge in [-0.15, -0.1) is 0 Å². The van der Waals surface area contributed by atoms with Crippen molar-refractivity contribution in [1.82, 2.24) is 9.78 Å². The van der Waals surface area contributed by atoms with Crippen LogP contribution in [-0.4, -0.2) is 22.1 Å². The quantitative estimate of drug-likeness (QED) is 0.807. The molecule has 92 valence electrons. The lowest BCUT2D eigenvalue weighted by molar-refractivity contribution is 0.0974. The Labute approximate surface area is 106 Å². The summed E-state index contributed by atoms with van der Waals surface area (Å²) in [5.41, 5.74) is 2.82. The predicted molar refractivity (Wildman–Crippen MR) is 69.6 cm³/mol. The molecule has 2 aromatic rings. The molecule has 1 aliphatic heterocycles. The first kappa shape index (κ1) is 11.0. The van der Waals surface area contributed by atoms with Crippen LogP contribution < -0.4 is 4.90 Å². The fraction of sp³-hybridized carbons (Fsp3) is 0.286. The average Bonchev–Trinajstić information content (AvgIpc) is 2.77. The number of hydrogen-bond acceptors (Lipinski definition) is 3. The summed E-state index contributed by atoms with van der Waals surface area (Å²) in [4.78, 5) is 14.0. The predicted octanol–water partition coefficient (Wildman–Crippen LogP) is 2.01. The summed E-state index contributed by atoms with van der Waals surface area (Å²) < 4.78 is 1.71. The van der Waals surface area contributed by atoms with Crippen LogP contribution in [0.15, 0.2) is 36.5 Å². The van der Waals surface area contributed by atoms with Gasteiger partial charge in [0, 0.05) is 32.8 Å². The molecule has 18 heavy (non-hydrogen) atoms. The second kappa shape index (κ2) is 4.29. The van der Waals surface area contributed by atoms with E-state index in [1.165, 1.54) is 5.56 Å². The molecule has 0 radical (unpaired) electrons. The Bertz CT molecular complexity index is 574. The van der Waals surface area contributed by atoms with Gasteiger partial charge in [0.05, 0.1) is 5.69 Å². The van der Waals surface area contributed by atoms with E-state index in [0.717, 1.165) is 18.8 Å². The van der Waals surface area contributed by atoms with E-state index in [1.54, 1.807) is 4.68 Å². The molecule has 1 aromatic heterocycles. The highest BCUT2D eigenvalue weighted by molar-refractivity contribution is 6.01. The summed E-state index contributed by atoms with van der Waals surface area (Å²) in [7, 11) is 1.85. The molecule has 1 aromatic carbocycles. The standard InChI is InChI=1S/C14H15N3O/c1-16-10-12-14(15-16)13(18)7-8-17(12)9-11-5-3-2-4-6-11/h2-6,10H,7-9H2,1H3. The van der Waals surface area contributed by atoms with Crippen molar-refractivity contribution in [3.63, 3.8) is 0 Å². The first-order valence-corrected chi connectivity index (χ1v) is 6.10. The highest BCUT2D eigenvalue weighted by atomic mass is 16.1. The number of benzene rings is 1. The molecule has 3 rings (SSSR count). The van der Waals surface area contributed by atoms with Crippen LogP contribution in [0.1, 0.15) is 22.5 Å². The molecule has 0 fully saturated rings. The highest BCUT2D eigenvalue weighted by Crippen LogP contribution is 2.27. The van der Waals surface area contributed by atoms with Gasteiger partial charge in [-0.1, -0.05) is 30.3 Å². The number of carbonyl (C=O) groups is 1. The number of carbonyl (C=O) groups excluding carboxylic acids is 1. The average molecular weight is 241 g/mol. The van der Waals surface area contributed by atoms with Gasteiger partial charge in [0.15, 0.2) is 11.5 Å². The lowest BCUT2D eigenvalue weighted by Gasteiger charge is -2.27. The molecule has 0 spiro atoms. The fourth-order valence-corrected chi connectivity index (χ4v) is 2.35. The van der Waals surface area contributed by atoms with Gasteiger partial charge in [0.1, 0.15) is 0 Å². The zero-order valence-electron chi connectivity index (χ0n) is 10.3. The summed E-state index contributed by atoms with van der Waals surface area (Å²) in [5.74, 6) is 0.148. The van der Waals surface area contributed by atoms with Crippen molar-refractivity contribution < 1.29 is 4.79 Å². The van der Waals surface area contributed by atoms with Gasteiger partial charge in [0.25, 0.3) is 0 Å². The molecule has 0 bridgehead atoms. The number of nitrogens with zero attached hydrogens (tertiary/aromatic N) is 3. The number of aryl methyl sites for hydroxylation is 1. The van der Waals surface area contributed by atoms with E-state index in [0.29, 0.717) is 12.1 Å². The molecule has 4 nitrogen and oxygen atoms in total. The topological polar surface area (TPSA) is 38.1 Å². The number of fused-ring (bicyclic) bond motifs is 1. The maximum atomic E-state index is 11.8. The van der Waals surface area contributed by atoms with Crippen LogP contribution in [0.4, 0.5) is 5.69 Å². The molecule has 0 N–H and O–H groups in total. The molecule has 2 heterocycles.